The Morgan fingerprint density at radius 2 is 2.00 bits per heavy atom. The maximum absolute atomic E-state index is 11.3. The maximum Gasteiger partial charge on any atom is 0.225 e. The second kappa shape index (κ2) is 6.85. The van der Waals surface area contributed by atoms with Gasteiger partial charge in [-0.3, -0.25) is 4.79 Å². The van der Waals surface area contributed by atoms with Gasteiger partial charge in [-0.25, -0.2) is 4.98 Å². The molecule has 4 nitrogen and oxygen atoms in total. The quantitative estimate of drug-likeness (QED) is 0.702. The number of thiocarbonyl (C=S) groups is 1. The molecule has 1 heterocycles. The maximum atomic E-state index is 11.3. The van der Waals surface area contributed by atoms with Crippen LogP contribution in [0.1, 0.15) is 13.3 Å². The van der Waals surface area contributed by atoms with Crippen molar-refractivity contribution >= 4 is 50.5 Å². The molecule has 0 aliphatic heterocycles. The molecular formula is C17H15N3OS2. The molecule has 0 bridgehead atoms. The Kier molecular flexibility index (Phi) is 4.64. The Hall–Kier alpha value is -2.31. The molecule has 0 unspecified atom stereocenters. The zero-order valence-corrected chi connectivity index (χ0v) is 14.1. The number of benzene rings is 2. The normalized spacial score (nSPS) is 10.5. The largest absolute Gasteiger partial charge is 0.308 e. The first-order valence-electron chi connectivity index (χ1n) is 7.21. The lowest BCUT2D eigenvalue weighted by Crippen LogP contribution is -2.33. The van der Waals surface area contributed by atoms with E-state index in [0.717, 1.165) is 11.3 Å². The third kappa shape index (κ3) is 3.72. The third-order valence-electron chi connectivity index (χ3n) is 3.34. The van der Waals surface area contributed by atoms with Crippen LogP contribution in [0.5, 0.6) is 0 Å². The number of hydrogen-bond donors (Lipinski definition) is 2. The zero-order valence-electron chi connectivity index (χ0n) is 12.5. The molecule has 3 aromatic rings. The van der Waals surface area contributed by atoms with Gasteiger partial charge in [0, 0.05) is 17.4 Å². The summed E-state index contributed by atoms with van der Waals surface area (Å²) in [6.45, 7) is 1.78. The Labute approximate surface area is 143 Å². The van der Waals surface area contributed by atoms with Crippen molar-refractivity contribution in [2.75, 3.05) is 5.32 Å². The molecule has 2 N–H and O–H groups in total. The lowest BCUT2D eigenvalue weighted by Gasteiger charge is -2.05. The van der Waals surface area contributed by atoms with Crippen LogP contribution in [0.15, 0.2) is 47.8 Å². The fourth-order valence-electron chi connectivity index (χ4n) is 2.16. The molecule has 0 radical (unpaired) electrons. The van der Waals surface area contributed by atoms with Crippen LogP contribution in [-0.2, 0) is 4.79 Å². The van der Waals surface area contributed by atoms with Crippen LogP contribution in [0.3, 0.4) is 0 Å². The number of nitrogens with zero attached hydrogens (tertiary/aromatic N) is 1. The fraction of sp³-hybridized carbons (Fsp3) is 0.118. The van der Waals surface area contributed by atoms with E-state index in [-0.39, 0.29) is 11.0 Å². The lowest BCUT2D eigenvalue weighted by molar-refractivity contribution is -0.119. The monoisotopic (exact) mass is 341 g/mol. The SMILES string of the molecule is CCC(=O)NC(=S)Nc1nc(-c2ccc3ccccc3c2)cs1. The van der Waals surface area contributed by atoms with E-state index in [4.69, 9.17) is 12.2 Å². The number of thiazole rings is 1. The van der Waals surface area contributed by atoms with Crippen molar-refractivity contribution in [1.29, 1.82) is 0 Å². The van der Waals surface area contributed by atoms with Gasteiger partial charge < -0.3 is 10.6 Å². The Bertz CT molecular complexity index is 873. The minimum Gasteiger partial charge on any atom is -0.308 e. The molecule has 2 aromatic carbocycles. The van der Waals surface area contributed by atoms with Crippen molar-refractivity contribution in [3.63, 3.8) is 0 Å². The molecular weight excluding hydrogens is 326 g/mol. The van der Waals surface area contributed by atoms with E-state index in [0.29, 0.717) is 11.6 Å². The number of anilines is 1. The summed E-state index contributed by atoms with van der Waals surface area (Å²) in [5.41, 5.74) is 1.93. The molecule has 116 valence electrons. The van der Waals surface area contributed by atoms with E-state index in [1.54, 1.807) is 6.92 Å². The first kappa shape index (κ1) is 15.6. The first-order chi connectivity index (χ1) is 11.2. The number of nitrogens with one attached hydrogen (secondary N) is 2. The number of carbonyl (C=O) groups is 1. The molecule has 23 heavy (non-hydrogen) atoms. The van der Waals surface area contributed by atoms with Crippen LogP contribution < -0.4 is 10.6 Å². The van der Waals surface area contributed by atoms with Gasteiger partial charge in [-0.2, -0.15) is 0 Å². The highest BCUT2D eigenvalue weighted by Crippen LogP contribution is 2.27. The summed E-state index contributed by atoms with van der Waals surface area (Å²) in [7, 11) is 0. The molecule has 1 aromatic heterocycles. The van der Waals surface area contributed by atoms with Crippen molar-refractivity contribution in [2.45, 2.75) is 13.3 Å². The highest BCUT2D eigenvalue weighted by Gasteiger charge is 2.08. The molecule has 0 atom stereocenters. The fourth-order valence-corrected chi connectivity index (χ4v) is 3.15. The predicted molar refractivity (Wildman–Crippen MR) is 99.7 cm³/mol. The summed E-state index contributed by atoms with van der Waals surface area (Å²) < 4.78 is 0. The van der Waals surface area contributed by atoms with Gasteiger partial charge in [0.2, 0.25) is 5.91 Å². The van der Waals surface area contributed by atoms with Crippen molar-refractivity contribution in [1.82, 2.24) is 10.3 Å². The highest BCUT2D eigenvalue weighted by molar-refractivity contribution is 7.80. The van der Waals surface area contributed by atoms with Crippen LogP contribution in [-0.4, -0.2) is 16.0 Å². The van der Waals surface area contributed by atoms with E-state index in [2.05, 4.69) is 45.9 Å². The number of aromatic nitrogens is 1. The molecule has 0 aliphatic rings. The molecule has 6 heteroatoms. The van der Waals surface area contributed by atoms with Crippen molar-refractivity contribution in [3.05, 3.63) is 47.8 Å². The summed E-state index contributed by atoms with van der Waals surface area (Å²) >= 11 is 6.54. The summed E-state index contributed by atoms with van der Waals surface area (Å²) in [4.78, 5) is 15.8. The summed E-state index contributed by atoms with van der Waals surface area (Å²) in [6.07, 6.45) is 0.391. The zero-order chi connectivity index (χ0) is 16.2. The number of rotatable bonds is 3. The van der Waals surface area contributed by atoms with E-state index in [1.165, 1.54) is 22.1 Å². The van der Waals surface area contributed by atoms with Crippen LogP contribution in [0.2, 0.25) is 0 Å². The van der Waals surface area contributed by atoms with Crippen molar-refractivity contribution < 1.29 is 4.79 Å². The van der Waals surface area contributed by atoms with Crippen molar-refractivity contribution in [2.24, 2.45) is 0 Å². The molecule has 3 rings (SSSR count). The van der Waals surface area contributed by atoms with Gasteiger partial charge in [-0.05, 0) is 29.1 Å². The summed E-state index contributed by atoms with van der Waals surface area (Å²) in [5.74, 6) is -0.117. The second-order valence-electron chi connectivity index (χ2n) is 4.96. The third-order valence-corrected chi connectivity index (χ3v) is 4.31. The molecule has 1 amide bonds. The van der Waals surface area contributed by atoms with Gasteiger partial charge in [0.05, 0.1) is 5.69 Å². The predicted octanol–water partition coefficient (Wildman–Crippen LogP) is 4.19. The second-order valence-corrected chi connectivity index (χ2v) is 6.22. The number of hydrogen-bond acceptors (Lipinski definition) is 4. The molecule has 0 saturated carbocycles. The molecule has 0 aliphatic carbocycles. The minimum absolute atomic E-state index is 0.117. The van der Waals surface area contributed by atoms with E-state index < -0.39 is 0 Å². The van der Waals surface area contributed by atoms with Gasteiger partial charge in [-0.1, -0.05) is 43.3 Å². The molecule has 0 spiro atoms. The number of carbonyl (C=O) groups excluding carboxylic acids is 1. The van der Waals surface area contributed by atoms with Gasteiger partial charge in [0.15, 0.2) is 10.2 Å². The number of amides is 1. The lowest BCUT2D eigenvalue weighted by atomic mass is 10.1. The Morgan fingerprint density at radius 3 is 2.78 bits per heavy atom. The average Bonchev–Trinajstić information content (AvgIpc) is 3.02. The topological polar surface area (TPSA) is 54.0 Å². The van der Waals surface area contributed by atoms with Gasteiger partial charge in [-0.15, -0.1) is 11.3 Å². The Balaban J connectivity index is 1.77. The summed E-state index contributed by atoms with van der Waals surface area (Å²) in [6, 6.07) is 14.5. The number of fused-ring (bicyclic) bond motifs is 1. The summed E-state index contributed by atoms with van der Waals surface area (Å²) in [5, 5.41) is 10.8. The van der Waals surface area contributed by atoms with Gasteiger partial charge in [0.25, 0.3) is 0 Å². The van der Waals surface area contributed by atoms with Crippen LogP contribution in [0.25, 0.3) is 22.0 Å². The van der Waals surface area contributed by atoms with Crippen LogP contribution in [0, 0.1) is 0 Å². The van der Waals surface area contributed by atoms with E-state index >= 15 is 0 Å². The standard InChI is InChI=1S/C17H15N3OS2/c1-2-15(21)19-16(22)20-17-18-14(10-23-17)13-8-7-11-5-3-4-6-12(11)9-13/h3-10H,2H2,1H3,(H2,18,19,20,21,22). The van der Waals surface area contributed by atoms with Gasteiger partial charge >= 0.3 is 0 Å². The minimum atomic E-state index is -0.117. The van der Waals surface area contributed by atoms with Gasteiger partial charge in [0.1, 0.15) is 0 Å². The highest BCUT2D eigenvalue weighted by atomic mass is 32.1. The van der Waals surface area contributed by atoms with Crippen LogP contribution in [0.4, 0.5) is 5.13 Å². The van der Waals surface area contributed by atoms with Crippen LogP contribution >= 0.6 is 23.6 Å². The van der Waals surface area contributed by atoms with Crippen molar-refractivity contribution in [3.8, 4) is 11.3 Å². The van der Waals surface area contributed by atoms with E-state index in [9.17, 15) is 4.79 Å². The smallest absolute Gasteiger partial charge is 0.225 e. The first-order valence-corrected chi connectivity index (χ1v) is 8.50. The molecule has 0 saturated heterocycles. The van der Waals surface area contributed by atoms with E-state index in [1.807, 2.05) is 17.5 Å². The average molecular weight is 341 g/mol. The Morgan fingerprint density at radius 1 is 1.22 bits per heavy atom. The molecule has 0 fully saturated rings.